The van der Waals surface area contributed by atoms with Crippen LogP contribution in [0.4, 0.5) is 0 Å². The van der Waals surface area contributed by atoms with Crippen LogP contribution in [0.15, 0.2) is 84.9 Å². The van der Waals surface area contributed by atoms with Crippen LogP contribution in [-0.2, 0) is 18.3 Å². The molecule has 0 atom stereocenters. The standard InChI is InChI=1S/C30H25N/c31-21-17-30(18-21,28-13-5-11-24-22-9-3-1-7-19(22)15-26(24)28)29-14-6-12-25-23-10-4-2-8-20(23)16-27(25)29/h1-14,21H,15-18,31H2. The molecule has 0 amide bonds. The summed E-state index contributed by atoms with van der Waals surface area (Å²) in [6.07, 6.45) is 4.14. The summed E-state index contributed by atoms with van der Waals surface area (Å²) in [4.78, 5) is 0. The molecule has 0 aromatic heterocycles. The highest BCUT2D eigenvalue weighted by atomic mass is 14.7. The number of fused-ring (bicyclic) bond motifs is 6. The van der Waals surface area contributed by atoms with E-state index in [-0.39, 0.29) is 11.5 Å². The van der Waals surface area contributed by atoms with Gasteiger partial charge in [0.05, 0.1) is 0 Å². The van der Waals surface area contributed by atoms with E-state index in [2.05, 4.69) is 84.9 Å². The van der Waals surface area contributed by atoms with E-state index < -0.39 is 0 Å². The Morgan fingerprint density at radius 2 is 1.00 bits per heavy atom. The second-order valence-corrected chi connectivity index (χ2v) is 9.58. The fourth-order valence-corrected chi connectivity index (χ4v) is 6.63. The van der Waals surface area contributed by atoms with E-state index in [1.165, 1.54) is 55.6 Å². The molecule has 1 fully saturated rings. The van der Waals surface area contributed by atoms with E-state index in [1.807, 2.05) is 0 Å². The minimum Gasteiger partial charge on any atom is -0.328 e. The van der Waals surface area contributed by atoms with Crippen LogP contribution in [0, 0.1) is 0 Å². The fraction of sp³-hybridized carbons (Fsp3) is 0.200. The van der Waals surface area contributed by atoms with Crippen molar-refractivity contribution in [2.75, 3.05) is 0 Å². The maximum atomic E-state index is 6.49. The van der Waals surface area contributed by atoms with Crippen molar-refractivity contribution in [1.82, 2.24) is 0 Å². The minimum absolute atomic E-state index is 0.0280. The summed E-state index contributed by atoms with van der Waals surface area (Å²) in [5.41, 5.74) is 21.1. The SMILES string of the molecule is NC1CC(c2cccc3c2Cc2ccccc2-3)(c2cccc3c2Cc2ccccc2-3)C1. The maximum Gasteiger partial charge on any atom is 0.0238 e. The summed E-state index contributed by atoms with van der Waals surface area (Å²) in [6, 6.07) is 32.0. The third kappa shape index (κ3) is 2.30. The minimum atomic E-state index is 0.0280. The number of hydrogen-bond donors (Lipinski definition) is 1. The third-order valence-corrected chi connectivity index (χ3v) is 7.95. The van der Waals surface area contributed by atoms with Crippen LogP contribution in [0.3, 0.4) is 0 Å². The Morgan fingerprint density at radius 1 is 0.548 bits per heavy atom. The van der Waals surface area contributed by atoms with Gasteiger partial charge in [-0.15, -0.1) is 0 Å². The second kappa shape index (κ2) is 6.18. The highest BCUT2D eigenvalue weighted by Gasteiger charge is 2.48. The topological polar surface area (TPSA) is 26.0 Å². The van der Waals surface area contributed by atoms with Crippen LogP contribution >= 0.6 is 0 Å². The molecule has 4 aromatic rings. The lowest BCUT2D eigenvalue weighted by Crippen LogP contribution is -2.50. The van der Waals surface area contributed by atoms with Gasteiger partial charge in [-0.25, -0.2) is 0 Å². The Kier molecular flexibility index (Phi) is 3.49. The number of rotatable bonds is 2. The first-order valence-electron chi connectivity index (χ1n) is 11.4. The van der Waals surface area contributed by atoms with Crippen molar-refractivity contribution in [3.05, 3.63) is 118 Å². The molecule has 7 rings (SSSR count). The molecule has 0 radical (unpaired) electrons. The van der Waals surface area contributed by atoms with E-state index in [4.69, 9.17) is 5.73 Å². The summed E-state index contributed by atoms with van der Waals surface area (Å²) in [5, 5.41) is 0. The lowest BCUT2D eigenvalue weighted by Gasteiger charge is -2.49. The first-order valence-corrected chi connectivity index (χ1v) is 11.4. The second-order valence-electron chi connectivity index (χ2n) is 9.58. The molecule has 0 aliphatic heterocycles. The summed E-state index contributed by atoms with van der Waals surface area (Å²) in [7, 11) is 0. The Balaban J connectivity index is 1.44. The predicted octanol–water partition coefficient (Wildman–Crippen LogP) is 6.24. The predicted molar refractivity (Wildman–Crippen MR) is 127 cm³/mol. The van der Waals surface area contributed by atoms with Crippen molar-refractivity contribution >= 4 is 0 Å². The van der Waals surface area contributed by atoms with E-state index in [9.17, 15) is 0 Å². The molecule has 4 aromatic carbocycles. The molecule has 0 spiro atoms. The molecular formula is C30H25N. The van der Waals surface area contributed by atoms with Gasteiger partial charge in [-0.1, -0.05) is 84.9 Å². The molecule has 1 nitrogen and oxygen atoms in total. The van der Waals surface area contributed by atoms with Gasteiger partial charge in [0.25, 0.3) is 0 Å². The van der Waals surface area contributed by atoms with Crippen molar-refractivity contribution in [3.8, 4) is 22.3 Å². The van der Waals surface area contributed by atoms with E-state index in [1.54, 1.807) is 0 Å². The van der Waals surface area contributed by atoms with Crippen molar-refractivity contribution in [2.24, 2.45) is 5.73 Å². The molecule has 3 aliphatic carbocycles. The maximum absolute atomic E-state index is 6.49. The van der Waals surface area contributed by atoms with Crippen LogP contribution in [0.2, 0.25) is 0 Å². The highest BCUT2D eigenvalue weighted by Crippen LogP contribution is 2.55. The molecule has 150 valence electrons. The highest BCUT2D eigenvalue weighted by molar-refractivity contribution is 5.81. The summed E-state index contributed by atoms with van der Waals surface area (Å²) < 4.78 is 0. The smallest absolute Gasteiger partial charge is 0.0238 e. The zero-order chi connectivity index (χ0) is 20.6. The van der Waals surface area contributed by atoms with Crippen LogP contribution in [-0.4, -0.2) is 6.04 Å². The summed E-state index contributed by atoms with van der Waals surface area (Å²) in [6.45, 7) is 0. The van der Waals surface area contributed by atoms with Gasteiger partial charge in [-0.05, 0) is 81.3 Å². The number of benzene rings is 4. The molecule has 0 unspecified atom stereocenters. The van der Waals surface area contributed by atoms with Crippen molar-refractivity contribution in [3.63, 3.8) is 0 Å². The van der Waals surface area contributed by atoms with Gasteiger partial charge in [0, 0.05) is 11.5 Å². The quantitative estimate of drug-likeness (QED) is 0.367. The van der Waals surface area contributed by atoms with Crippen LogP contribution in [0.1, 0.15) is 46.2 Å². The zero-order valence-corrected chi connectivity index (χ0v) is 17.6. The van der Waals surface area contributed by atoms with Crippen molar-refractivity contribution < 1.29 is 0 Å². The Bertz CT molecular complexity index is 1260. The Labute approximate surface area is 183 Å². The van der Waals surface area contributed by atoms with Crippen LogP contribution < -0.4 is 5.73 Å². The zero-order valence-electron chi connectivity index (χ0n) is 17.6. The molecule has 1 heteroatoms. The first kappa shape index (κ1) is 17.5. The molecule has 0 bridgehead atoms. The number of nitrogens with two attached hydrogens (primary N) is 1. The summed E-state index contributed by atoms with van der Waals surface area (Å²) >= 11 is 0. The van der Waals surface area contributed by atoms with Gasteiger partial charge in [0.2, 0.25) is 0 Å². The van der Waals surface area contributed by atoms with Gasteiger partial charge in [-0.3, -0.25) is 0 Å². The lowest BCUT2D eigenvalue weighted by molar-refractivity contribution is 0.250. The average molecular weight is 400 g/mol. The molecule has 1 saturated carbocycles. The lowest BCUT2D eigenvalue weighted by atomic mass is 9.56. The third-order valence-electron chi connectivity index (χ3n) is 7.95. The van der Waals surface area contributed by atoms with Gasteiger partial charge in [0.1, 0.15) is 0 Å². The molecule has 2 N–H and O–H groups in total. The average Bonchev–Trinajstić information content (AvgIpc) is 3.35. The van der Waals surface area contributed by atoms with Gasteiger partial charge < -0.3 is 5.73 Å². The van der Waals surface area contributed by atoms with Crippen LogP contribution in [0.5, 0.6) is 0 Å². The normalized spacial score (nSPS) is 17.5. The molecule has 0 saturated heterocycles. The first-order chi connectivity index (χ1) is 15.2. The monoisotopic (exact) mass is 399 g/mol. The van der Waals surface area contributed by atoms with Crippen molar-refractivity contribution in [1.29, 1.82) is 0 Å². The van der Waals surface area contributed by atoms with Gasteiger partial charge in [-0.2, -0.15) is 0 Å². The fourth-order valence-electron chi connectivity index (χ4n) is 6.63. The van der Waals surface area contributed by atoms with E-state index in [0.29, 0.717) is 0 Å². The molecule has 3 aliphatic rings. The van der Waals surface area contributed by atoms with E-state index >= 15 is 0 Å². The van der Waals surface area contributed by atoms with Gasteiger partial charge >= 0.3 is 0 Å². The largest absolute Gasteiger partial charge is 0.328 e. The van der Waals surface area contributed by atoms with Gasteiger partial charge in [0.15, 0.2) is 0 Å². The van der Waals surface area contributed by atoms with Crippen LogP contribution in [0.25, 0.3) is 22.3 Å². The Hall–Kier alpha value is -3.16. The van der Waals surface area contributed by atoms with Crippen molar-refractivity contribution in [2.45, 2.75) is 37.1 Å². The summed E-state index contributed by atoms with van der Waals surface area (Å²) in [5.74, 6) is 0. The molecular weight excluding hydrogens is 374 g/mol. The number of hydrogen-bond acceptors (Lipinski definition) is 1. The molecule has 31 heavy (non-hydrogen) atoms. The Morgan fingerprint density at radius 3 is 1.48 bits per heavy atom. The van der Waals surface area contributed by atoms with E-state index in [0.717, 1.165) is 25.7 Å². The molecule has 0 heterocycles.